The number of nitrogens with zero attached hydrogens (tertiary/aromatic N) is 3. The summed E-state index contributed by atoms with van der Waals surface area (Å²) < 4.78 is 0. The summed E-state index contributed by atoms with van der Waals surface area (Å²) in [5.74, 6) is -0.383. The molecule has 0 aromatic carbocycles. The van der Waals surface area contributed by atoms with Gasteiger partial charge >= 0.3 is 0 Å². The first kappa shape index (κ1) is 13.9. The second kappa shape index (κ2) is 4.89. The summed E-state index contributed by atoms with van der Waals surface area (Å²) in [5, 5.41) is 7.56. The van der Waals surface area contributed by atoms with Crippen molar-refractivity contribution in [1.82, 2.24) is 15.1 Å². The van der Waals surface area contributed by atoms with Crippen molar-refractivity contribution in [2.24, 2.45) is 11.3 Å². The lowest BCUT2D eigenvalue weighted by Crippen LogP contribution is -2.34. The summed E-state index contributed by atoms with van der Waals surface area (Å²) in [6.07, 6.45) is 0.399. The molecular weight excluding hydrogens is 266 g/mol. The van der Waals surface area contributed by atoms with Crippen LogP contribution in [0.5, 0.6) is 0 Å². The van der Waals surface area contributed by atoms with Crippen LogP contribution >= 0.6 is 11.6 Å². The summed E-state index contributed by atoms with van der Waals surface area (Å²) in [4.78, 5) is 25.4. The fourth-order valence-corrected chi connectivity index (χ4v) is 2.15. The molecule has 0 spiro atoms. The second-order valence-corrected chi connectivity index (χ2v) is 6.21. The Morgan fingerprint density at radius 1 is 1.37 bits per heavy atom. The molecule has 1 saturated heterocycles. The molecule has 1 aliphatic heterocycles. The third-order valence-electron chi connectivity index (χ3n) is 3.45. The fraction of sp³-hybridized carbons (Fsp3) is 0.538. The zero-order chi connectivity index (χ0) is 14.2. The summed E-state index contributed by atoms with van der Waals surface area (Å²) in [7, 11) is 0. The van der Waals surface area contributed by atoms with Crippen molar-refractivity contribution in [3.8, 4) is 0 Å². The predicted octanol–water partition coefficient (Wildman–Crippen LogP) is 2.16. The van der Waals surface area contributed by atoms with Crippen LogP contribution < -0.4 is 0 Å². The van der Waals surface area contributed by atoms with Crippen LogP contribution in [0.3, 0.4) is 0 Å². The molecule has 0 radical (unpaired) electrons. The van der Waals surface area contributed by atoms with E-state index in [-0.39, 0.29) is 28.1 Å². The Bertz CT molecular complexity index is 508. The molecule has 2 rings (SSSR count). The van der Waals surface area contributed by atoms with Crippen molar-refractivity contribution in [2.45, 2.75) is 27.2 Å². The average Bonchev–Trinajstić information content (AvgIpc) is 2.71. The number of hydrogen-bond acceptors (Lipinski definition) is 4. The minimum atomic E-state index is -0.402. The molecule has 19 heavy (non-hydrogen) atoms. The Morgan fingerprint density at radius 3 is 2.53 bits per heavy atom. The highest BCUT2D eigenvalue weighted by molar-refractivity contribution is 6.29. The van der Waals surface area contributed by atoms with Gasteiger partial charge in [0.25, 0.3) is 5.91 Å². The second-order valence-electron chi connectivity index (χ2n) is 5.82. The first-order chi connectivity index (χ1) is 8.79. The predicted molar refractivity (Wildman–Crippen MR) is 70.6 cm³/mol. The normalized spacial score (nSPS) is 19.9. The van der Waals surface area contributed by atoms with E-state index in [2.05, 4.69) is 31.0 Å². The van der Waals surface area contributed by atoms with Gasteiger partial charge in [-0.15, -0.1) is 10.2 Å². The zero-order valence-electron chi connectivity index (χ0n) is 11.2. The van der Waals surface area contributed by atoms with Crippen LogP contribution in [-0.4, -0.2) is 33.5 Å². The summed E-state index contributed by atoms with van der Waals surface area (Å²) in [6.45, 7) is 6.65. The van der Waals surface area contributed by atoms with Crippen molar-refractivity contribution in [3.63, 3.8) is 0 Å². The third kappa shape index (κ3) is 2.92. The standard InChI is InChI=1S/C13H16ClN3O2/c1-13(2,3)8-6-11(18)17(7-8)12(19)9-4-5-10(14)16-15-9/h4-5,8H,6-7H2,1-3H3. The fourth-order valence-electron chi connectivity index (χ4n) is 2.05. The lowest BCUT2D eigenvalue weighted by atomic mass is 9.80. The summed E-state index contributed by atoms with van der Waals surface area (Å²) in [6, 6.07) is 2.97. The largest absolute Gasteiger partial charge is 0.280 e. The van der Waals surface area contributed by atoms with Crippen molar-refractivity contribution >= 4 is 23.4 Å². The van der Waals surface area contributed by atoms with E-state index in [0.29, 0.717) is 13.0 Å². The molecule has 1 aromatic rings. The van der Waals surface area contributed by atoms with Gasteiger partial charge in [-0.05, 0) is 23.5 Å². The molecule has 1 atom stereocenters. The van der Waals surface area contributed by atoms with Gasteiger partial charge in [-0.3, -0.25) is 14.5 Å². The van der Waals surface area contributed by atoms with Gasteiger partial charge < -0.3 is 0 Å². The number of rotatable bonds is 1. The SMILES string of the molecule is CC(C)(C)C1CC(=O)N(C(=O)c2ccc(Cl)nn2)C1. The van der Waals surface area contributed by atoms with Crippen LogP contribution in [0.2, 0.25) is 5.15 Å². The smallest absolute Gasteiger partial charge is 0.277 e. The Morgan fingerprint density at radius 2 is 2.05 bits per heavy atom. The van der Waals surface area contributed by atoms with E-state index in [4.69, 9.17) is 11.6 Å². The maximum Gasteiger partial charge on any atom is 0.280 e. The molecular formula is C13H16ClN3O2. The number of imide groups is 1. The molecule has 0 saturated carbocycles. The number of amides is 2. The first-order valence-corrected chi connectivity index (χ1v) is 6.51. The van der Waals surface area contributed by atoms with Gasteiger partial charge in [0.1, 0.15) is 0 Å². The van der Waals surface area contributed by atoms with Gasteiger partial charge in [-0.1, -0.05) is 32.4 Å². The Kier molecular flexibility index (Phi) is 3.58. The highest BCUT2D eigenvalue weighted by atomic mass is 35.5. The van der Waals surface area contributed by atoms with Crippen LogP contribution in [0.25, 0.3) is 0 Å². The van der Waals surface area contributed by atoms with Crippen LogP contribution in [0.1, 0.15) is 37.7 Å². The molecule has 1 unspecified atom stereocenters. The first-order valence-electron chi connectivity index (χ1n) is 6.13. The van der Waals surface area contributed by atoms with E-state index in [1.54, 1.807) is 0 Å². The monoisotopic (exact) mass is 281 g/mol. The van der Waals surface area contributed by atoms with E-state index in [9.17, 15) is 9.59 Å². The minimum absolute atomic E-state index is 0.00361. The highest BCUT2D eigenvalue weighted by Gasteiger charge is 2.40. The molecule has 2 amide bonds. The molecule has 0 N–H and O–H groups in total. The molecule has 6 heteroatoms. The molecule has 5 nitrogen and oxygen atoms in total. The number of hydrogen-bond donors (Lipinski definition) is 0. The van der Waals surface area contributed by atoms with Crippen LogP contribution in [0.15, 0.2) is 12.1 Å². The molecule has 1 aromatic heterocycles. The topological polar surface area (TPSA) is 63.2 Å². The van der Waals surface area contributed by atoms with Gasteiger partial charge in [0.2, 0.25) is 5.91 Å². The average molecular weight is 282 g/mol. The van der Waals surface area contributed by atoms with Gasteiger partial charge in [0, 0.05) is 13.0 Å². The third-order valence-corrected chi connectivity index (χ3v) is 3.65. The van der Waals surface area contributed by atoms with Crippen LogP contribution in [0.4, 0.5) is 0 Å². The van der Waals surface area contributed by atoms with Gasteiger partial charge in [0.05, 0.1) is 0 Å². The van der Waals surface area contributed by atoms with Crippen molar-refractivity contribution in [2.75, 3.05) is 6.54 Å². The van der Waals surface area contributed by atoms with Crippen LogP contribution in [0, 0.1) is 11.3 Å². The summed E-state index contributed by atoms with van der Waals surface area (Å²) >= 11 is 5.62. The summed E-state index contributed by atoms with van der Waals surface area (Å²) in [5.41, 5.74) is 0.142. The molecule has 0 aliphatic carbocycles. The molecule has 2 heterocycles. The van der Waals surface area contributed by atoms with Crippen molar-refractivity contribution in [1.29, 1.82) is 0 Å². The van der Waals surface area contributed by atoms with Crippen molar-refractivity contribution < 1.29 is 9.59 Å². The van der Waals surface area contributed by atoms with Crippen molar-refractivity contribution in [3.05, 3.63) is 23.0 Å². The number of carbonyl (C=O) groups excluding carboxylic acids is 2. The number of halogens is 1. The van der Waals surface area contributed by atoms with E-state index in [1.165, 1.54) is 17.0 Å². The van der Waals surface area contributed by atoms with E-state index < -0.39 is 5.91 Å². The molecule has 102 valence electrons. The highest BCUT2D eigenvalue weighted by Crippen LogP contribution is 2.34. The lowest BCUT2D eigenvalue weighted by Gasteiger charge is -2.25. The van der Waals surface area contributed by atoms with Crippen LogP contribution in [-0.2, 0) is 4.79 Å². The molecule has 1 aliphatic rings. The van der Waals surface area contributed by atoms with Gasteiger partial charge in [-0.25, -0.2) is 0 Å². The number of carbonyl (C=O) groups is 2. The molecule has 0 bridgehead atoms. The van der Waals surface area contributed by atoms with E-state index >= 15 is 0 Å². The van der Waals surface area contributed by atoms with Gasteiger partial charge in [-0.2, -0.15) is 0 Å². The molecule has 1 fully saturated rings. The maximum absolute atomic E-state index is 12.2. The van der Waals surface area contributed by atoms with E-state index in [0.717, 1.165) is 0 Å². The minimum Gasteiger partial charge on any atom is -0.277 e. The number of likely N-dealkylation sites (tertiary alicyclic amines) is 1. The lowest BCUT2D eigenvalue weighted by molar-refractivity contribution is -0.125. The Hall–Kier alpha value is -1.49. The Labute approximate surface area is 117 Å². The quantitative estimate of drug-likeness (QED) is 0.740. The Balaban J connectivity index is 2.17. The van der Waals surface area contributed by atoms with E-state index in [1.807, 2.05) is 0 Å². The zero-order valence-corrected chi connectivity index (χ0v) is 11.9. The maximum atomic E-state index is 12.2. The van der Waals surface area contributed by atoms with Gasteiger partial charge in [0.15, 0.2) is 10.8 Å². The number of aromatic nitrogens is 2.